The predicted octanol–water partition coefficient (Wildman–Crippen LogP) is 2.83. The third kappa shape index (κ3) is 2.27. The highest BCUT2D eigenvalue weighted by molar-refractivity contribution is 5.66. The first-order valence-corrected chi connectivity index (χ1v) is 6.21. The van der Waals surface area contributed by atoms with Crippen molar-refractivity contribution in [3.05, 3.63) is 42.0 Å². The van der Waals surface area contributed by atoms with E-state index >= 15 is 0 Å². The molecule has 106 valence electrons. The average Bonchev–Trinajstić information content (AvgIpc) is 2.94. The molecule has 0 bridgehead atoms. The highest BCUT2D eigenvalue weighted by Gasteiger charge is 2.15. The minimum Gasteiger partial charge on any atom is -0.508 e. The molecule has 0 fully saturated rings. The van der Waals surface area contributed by atoms with Gasteiger partial charge in [0, 0.05) is 16.7 Å². The molecule has 3 N–H and O–H groups in total. The molecule has 21 heavy (non-hydrogen) atoms. The van der Waals surface area contributed by atoms with Crippen molar-refractivity contribution >= 4 is 0 Å². The first-order valence-electron chi connectivity index (χ1n) is 6.21. The van der Waals surface area contributed by atoms with Crippen molar-refractivity contribution in [2.24, 2.45) is 0 Å². The molecule has 2 aromatic carbocycles. The Hall–Kier alpha value is -3.02. The van der Waals surface area contributed by atoms with Gasteiger partial charge in [-0.15, -0.1) is 0 Å². The Morgan fingerprint density at radius 3 is 2.52 bits per heavy atom. The van der Waals surface area contributed by atoms with E-state index in [4.69, 9.17) is 4.52 Å². The van der Waals surface area contributed by atoms with Crippen LogP contribution >= 0.6 is 0 Å². The highest BCUT2D eigenvalue weighted by Crippen LogP contribution is 2.32. The fraction of sp³-hybridized carbons (Fsp3) is 0.0667. The van der Waals surface area contributed by atoms with Crippen LogP contribution in [0.2, 0.25) is 0 Å². The summed E-state index contributed by atoms with van der Waals surface area (Å²) in [5.41, 5.74) is 1.79. The maximum absolute atomic E-state index is 9.70. The second-order valence-electron chi connectivity index (χ2n) is 4.58. The van der Waals surface area contributed by atoms with Gasteiger partial charge >= 0.3 is 0 Å². The molecule has 1 heterocycles. The van der Waals surface area contributed by atoms with E-state index in [-0.39, 0.29) is 29.0 Å². The van der Waals surface area contributed by atoms with E-state index in [1.807, 2.05) is 0 Å². The number of hydrogen-bond acceptors (Lipinski definition) is 6. The van der Waals surface area contributed by atoms with E-state index in [2.05, 4.69) is 10.1 Å². The van der Waals surface area contributed by atoms with Crippen molar-refractivity contribution in [1.82, 2.24) is 10.1 Å². The largest absolute Gasteiger partial charge is 0.508 e. The normalized spacial score (nSPS) is 10.7. The summed E-state index contributed by atoms with van der Waals surface area (Å²) in [5, 5.41) is 32.3. The molecule has 0 unspecified atom stereocenters. The fourth-order valence-corrected chi connectivity index (χ4v) is 1.97. The van der Waals surface area contributed by atoms with Crippen molar-refractivity contribution < 1.29 is 19.8 Å². The van der Waals surface area contributed by atoms with E-state index in [9.17, 15) is 15.3 Å². The Morgan fingerprint density at radius 1 is 0.952 bits per heavy atom. The van der Waals surface area contributed by atoms with Crippen molar-refractivity contribution in [2.45, 2.75) is 6.92 Å². The molecule has 0 aliphatic carbocycles. The van der Waals surface area contributed by atoms with Gasteiger partial charge in [-0.2, -0.15) is 4.98 Å². The first kappa shape index (κ1) is 13.0. The van der Waals surface area contributed by atoms with Crippen LogP contribution in [0.15, 0.2) is 40.9 Å². The monoisotopic (exact) mass is 284 g/mol. The smallest absolute Gasteiger partial charge is 0.258 e. The Kier molecular flexibility index (Phi) is 2.98. The van der Waals surface area contributed by atoms with Gasteiger partial charge < -0.3 is 19.8 Å². The standard InChI is InChI=1S/C15H12N2O4/c1-8-10(3-2-4-11(8)18)15-16-14(17-21-15)9-5-6-12(19)13(20)7-9/h2-7,18-20H,1H3. The van der Waals surface area contributed by atoms with E-state index in [0.29, 0.717) is 16.7 Å². The predicted molar refractivity (Wildman–Crippen MR) is 74.9 cm³/mol. The van der Waals surface area contributed by atoms with E-state index in [1.54, 1.807) is 31.2 Å². The van der Waals surface area contributed by atoms with Gasteiger partial charge in [0.25, 0.3) is 5.89 Å². The summed E-state index contributed by atoms with van der Waals surface area (Å²) in [4.78, 5) is 4.24. The summed E-state index contributed by atoms with van der Waals surface area (Å²) in [5.74, 6) is 0.224. The van der Waals surface area contributed by atoms with Gasteiger partial charge in [-0.05, 0) is 37.3 Å². The van der Waals surface area contributed by atoms with Crippen molar-refractivity contribution in [1.29, 1.82) is 0 Å². The highest BCUT2D eigenvalue weighted by atomic mass is 16.5. The number of aromatic hydroxyl groups is 3. The lowest BCUT2D eigenvalue weighted by Crippen LogP contribution is -1.85. The average molecular weight is 284 g/mol. The summed E-state index contributed by atoms with van der Waals surface area (Å²) in [7, 11) is 0. The molecule has 0 amide bonds. The molecule has 6 nitrogen and oxygen atoms in total. The number of phenolic OH excluding ortho intramolecular Hbond substituents is 3. The van der Waals surface area contributed by atoms with Crippen LogP contribution in [0.25, 0.3) is 22.8 Å². The molecule has 0 aliphatic heterocycles. The Morgan fingerprint density at radius 2 is 1.76 bits per heavy atom. The number of hydrogen-bond donors (Lipinski definition) is 3. The summed E-state index contributed by atoms with van der Waals surface area (Å²) in [6, 6.07) is 9.29. The van der Waals surface area contributed by atoms with Crippen LogP contribution in [0.5, 0.6) is 17.2 Å². The van der Waals surface area contributed by atoms with Crippen molar-refractivity contribution in [3.63, 3.8) is 0 Å². The number of benzene rings is 2. The quantitative estimate of drug-likeness (QED) is 0.626. The minimum absolute atomic E-state index is 0.148. The number of phenols is 3. The Balaban J connectivity index is 2.03. The minimum atomic E-state index is -0.257. The van der Waals surface area contributed by atoms with Gasteiger partial charge in [-0.3, -0.25) is 0 Å². The molecule has 3 aromatic rings. The van der Waals surface area contributed by atoms with Gasteiger partial charge in [0.1, 0.15) is 5.75 Å². The molecule has 0 saturated heterocycles. The van der Waals surface area contributed by atoms with Crippen molar-refractivity contribution in [3.8, 4) is 40.1 Å². The SMILES string of the molecule is Cc1c(O)cccc1-c1nc(-c2ccc(O)c(O)c2)no1. The lowest BCUT2D eigenvalue weighted by Gasteiger charge is -2.02. The van der Waals surface area contributed by atoms with Crippen LogP contribution in [0, 0.1) is 6.92 Å². The third-order valence-electron chi connectivity index (χ3n) is 3.20. The van der Waals surface area contributed by atoms with E-state index in [1.165, 1.54) is 12.1 Å². The zero-order chi connectivity index (χ0) is 15.0. The zero-order valence-corrected chi connectivity index (χ0v) is 11.1. The van der Waals surface area contributed by atoms with Gasteiger partial charge in [0.05, 0.1) is 0 Å². The fourth-order valence-electron chi connectivity index (χ4n) is 1.97. The van der Waals surface area contributed by atoms with Gasteiger partial charge in [0.2, 0.25) is 5.82 Å². The molecule has 0 saturated carbocycles. The third-order valence-corrected chi connectivity index (χ3v) is 3.20. The topological polar surface area (TPSA) is 99.6 Å². The second-order valence-corrected chi connectivity index (χ2v) is 4.58. The second kappa shape index (κ2) is 4.82. The molecular weight excluding hydrogens is 272 g/mol. The van der Waals surface area contributed by atoms with Crippen LogP contribution in [-0.2, 0) is 0 Å². The summed E-state index contributed by atoms with van der Waals surface area (Å²) < 4.78 is 5.19. The number of rotatable bonds is 2. The van der Waals surface area contributed by atoms with Gasteiger partial charge in [-0.1, -0.05) is 11.2 Å². The Labute approximate surface area is 119 Å². The van der Waals surface area contributed by atoms with Crippen molar-refractivity contribution in [2.75, 3.05) is 0 Å². The van der Waals surface area contributed by atoms with E-state index in [0.717, 1.165) is 0 Å². The van der Waals surface area contributed by atoms with E-state index < -0.39 is 0 Å². The molecule has 0 spiro atoms. The number of aromatic nitrogens is 2. The Bertz CT molecular complexity index is 811. The molecule has 0 atom stereocenters. The molecule has 6 heteroatoms. The molecule has 0 aliphatic rings. The maximum atomic E-state index is 9.70. The lowest BCUT2D eigenvalue weighted by molar-refractivity contribution is 0.404. The summed E-state index contributed by atoms with van der Waals surface area (Å²) in [6.45, 7) is 1.75. The van der Waals surface area contributed by atoms with Crippen LogP contribution in [0.1, 0.15) is 5.56 Å². The van der Waals surface area contributed by atoms with Crippen LogP contribution in [0.4, 0.5) is 0 Å². The molecule has 0 radical (unpaired) electrons. The van der Waals surface area contributed by atoms with Crippen LogP contribution in [-0.4, -0.2) is 25.5 Å². The molecule has 1 aromatic heterocycles. The zero-order valence-electron chi connectivity index (χ0n) is 11.1. The summed E-state index contributed by atoms with van der Waals surface area (Å²) >= 11 is 0. The lowest BCUT2D eigenvalue weighted by atomic mass is 10.1. The van der Waals surface area contributed by atoms with Crippen LogP contribution < -0.4 is 0 Å². The van der Waals surface area contributed by atoms with Gasteiger partial charge in [0.15, 0.2) is 11.5 Å². The summed E-state index contributed by atoms with van der Waals surface area (Å²) in [6.07, 6.45) is 0. The van der Waals surface area contributed by atoms with Gasteiger partial charge in [-0.25, -0.2) is 0 Å². The first-order chi connectivity index (χ1) is 10.1. The molecule has 3 rings (SSSR count). The maximum Gasteiger partial charge on any atom is 0.258 e. The van der Waals surface area contributed by atoms with Crippen LogP contribution in [0.3, 0.4) is 0 Å². The number of nitrogens with zero attached hydrogens (tertiary/aromatic N) is 2. The molecular formula is C15H12N2O4.